The number of sulfonamides is 1. The van der Waals surface area contributed by atoms with Gasteiger partial charge in [0.1, 0.15) is 4.90 Å². The van der Waals surface area contributed by atoms with Crippen LogP contribution in [0.15, 0.2) is 28.9 Å². The van der Waals surface area contributed by atoms with E-state index in [1.807, 2.05) is 13.0 Å². The average molecular weight is 285 g/mol. The standard InChI is InChI=1S/C12H19N3O3S/c1-11-3-6-15(7-4-11)19(17,18)12-9-13-14(10-12)5-2-8-16/h3,9-10,16H,2,4-8H2,1H3. The summed E-state index contributed by atoms with van der Waals surface area (Å²) in [4.78, 5) is 0.221. The predicted molar refractivity (Wildman–Crippen MR) is 71.1 cm³/mol. The summed E-state index contributed by atoms with van der Waals surface area (Å²) >= 11 is 0. The first-order valence-corrected chi connectivity index (χ1v) is 7.77. The number of aromatic nitrogens is 2. The summed E-state index contributed by atoms with van der Waals surface area (Å²) in [5.41, 5.74) is 1.23. The Morgan fingerprint density at radius 1 is 1.47 bits per heavy atom. The Kier molecular flexibility index (Phi) is 4.38. The van der Waals surface area contributed by atoms with Gasteiger partial charge in [0, 0.05) is 32.4 Å². The van der Waals surface area contributed by atoms with Gasteiger partial charge in [0.25, 0.3) is 0 Å². The van der Waals surface area contributed by atoms with Crippen molar-refractivity contribution in [2.24, 2.45) is 0 Å². The molecular formula is C12H19N3O3S. The first kappa shape index (κ1) is 14.2. The number of nitrogens with zero attached hydrogens (tertiary/aromatic N) is 3. The van der Waals surface area contributed by atoms with Crippen LogP contribution >= 0.6 is 0 Å². The number of aliphatic hydroxyl groups is 1. The molecule has 0 unspecified atom stereocenters. The maximum atomic E-state index is 12.4. The zero-order valence-corrected chi connectivity index (χ0v) is 11.8. The van der Waals surface area contributed by atoms with Crippen molar-refractivity contribution in [2.45, 2.75) is 31.2 Å². The third-order valence-electron chi connectivity index (χ3n) is 3.19. The molecule has 0 fully saturated rings. The SMILES string of the molecule is CC1=CCN(S(=O)(=O)c2cnn(CCCO)c2)CC1. The molecule has 1 aliphatic rings. The van der Waals surface area contributed by atoms with Crippen LogP contribution in [0, 0.1) is 0 Å². The Morgan fingerprint density at radius 2 is 2.26 bits per heavy atom. The van der Waals surface area contributed by atoms with E-state index in [1.54, 1.807) is 4.68 Å². The number of aliphatic hydroxyl groups excluding tert-OH is 1. The topological polar surface area (TPSA) is 75.4 Å². The molecule has 0 amide bonds. The quantitative estimate of drug-likeness (QED) is 0.804. The molecule has 0 radical (unpaired) electrons. The van der Waals surface area contributed by atoms with Gasteiger partial charge in [-0.2, -0.15) is 9.40 Å². The second kappa shape index (κ2) is 5.85. The minimum Gasteiger partial charge on any atom is -0.396 e. The Hall–Kier alpha value is -1.18. The smallest absolute Gasteiger partial charge is 0.246 e. The van der Waals surface area contributed by atoms with E-state index < -0.39 is 10.0 Å². The van der Waals surface area contributed by atoms with Gasteiger partial charge in [-0.25, -0.2) is 8.42 Å². The third kappa shape index (κ3) is 3.23. The summed E-state index contributed by atoms with van der Waals surface area (Å²) in [6.07, 6.45) is 6.18. The fourth-order valence-electron chi connectivity index (χ4n) is 1.95. The van der Waals surface area contributed by atoms with Gasteiger partial charge in [0.15, 0.2) is 0 Å². The minimum absolute atomic E-state index is 0.0676. The van der Waals surface area contributed by atoms with Gasteiger partial charge >= 0.3 is 0 Å². The van der Waals surface area contributed by atoms with E-state index in [2.05, 4.69) is 5.10 Å². The van der Waals surface area contributed by atoms with Crippen molar-refractivity contribution in [3.8, 4) is 0 Å². The molecule has 0 aliphatic carbocycles. The summed E-state index contributed by atoms with van der Waals surface area (Å²) in [6.45, 7) is 3.54. The van der Waals surface area contributed by atoms with Gasteiger partial charge < -0.3 is 5.11 Å². The van der Waals surface area contributed by atoms with E-state index in [9.17, 15) is 8.42 Å². The van der Waals surface area contributed by atoms with Crippen molar-refractivity contribution in [1.82, 2.24) is 14.1 Å². The molecule has 0 atom stereocenters. The molecule has 0 aromatic carbocycles. The van der Waals surface area contributed by atoms with Crippen LogP contribution in [0.25, 0.3) is 0 Å². The third-order valence-corrected chi connectivity index (χ3v) is 5.01. The first-order chi connectivity index (χ1) is 9.04. The molecule has 1 N–H and O–H groups in total. The van der Waals surface area contributed by atoms with Gasteiger partial charge in [-0.3, -0.25) is 4.68 Å². The molecule has 7 heteroatoms. The Bertz CT molecular complexity index is 563. The highest BCUT2D eigenvalue weighted by atomic mass is 32.2. The van der Waals surface area contributed by atoms with E-state index in [0.717, 1.165) is 6.42 Å². The number of hydrogen-bond acceptors (Lipinski definition) is 4. The predicted octanol–water partition coefficient (Wildman–Crippen LogP) is 0.606. The molecule has 0 bridgehead atoms. The van der Waals surface area contributed by atoms with E-state index in [4.69, 9.17) is 5.11 Å². The molecule has 0 saturated heterocycles. The Labute approximate surface area is 113 Å². The highest BCUT2D eigenvalue weighted by Gasteiger charge is 2.26. The lowest BCUT2D eigenvalue weighted by molar-refractivity contribution is 0.277. The zero-order valence-electron chi connectivity index (χ0n) is 11.0. The second-order valence-corrected chi connectivity index (χ2v) is 6.62. The van der Waals surface area contributed by atoms with Gasteiger partial charge in [0.05, 0.1) is 6.20 Å². The zero-order chi connectivity index (χ0) is 13.9. The maximum absolute atomic E-state index is 12.4. The molecule has 0 saturated carbocycles. The molecule has 0 spiro atoms. The molecular weight excluding hydrogens is 266 g/mol. The average Bonchev–Trinajstić information content (AvgIpc) is 2.86. The number of rotatable bonds is 5. The van der Waals surface area contributed by atoms with Crippen molar-refractivity contribution in [3.63, 3.8) is 0 Å². The van der Waals surface area contributed by atoms with Crippen LogP contribution in [-0.4, -0.2) is 47.3 Å². The summed E-state index contributed by atoms with van der Waals surface area (Å²) in [6, 6.07) is 0. The molecule has 19 heavy (non-hydrogen) atoms. The Balaban J connectivity index is 2.13. The maximum Gasteiger partial charge on any atom is 0.246 e. The van der Waals surface area contributed by atoms with E-state index in [0.29, 0.717) is 26.1 Å². The van der Waals surface area contributed by atoms with Crippen LogP contribution in [0.4, 0.5) is 0 Å². The van der Waals surface area contributed by atoms with Gasteiger partial charge in [0.2, 0.25) is 10.0 Å². The van der Waals surface area contributed by atoms with E-state index in [1.165, 1.54) is 22.3 Å². The van der Waals surface area contributed by atoms with Crippen molar-refractivity contribution in [2.75, 3.05) is 19.7 Å². The normalized spacial score (nSPS) is 17.5. The Morgan fingerprint density at radius 3 is 2.89 bits per heavy atom. The second-order valence-electron chi connectivity index (χ2n) is 4.68. The molecule has 6 nitrogen and oxygen atoms in total. The molecule has 1 aromatic heterocycles. The van der Waals surface area contributed by atoms with Crippen LogP contribution < -0.4 is 0 Å². The van der Waals surface area contributed by atoms with Crippen molar-refractivity contribution >= 4 is 10.0 Å². The van der Waals surface area contributed by atoms with Gasteiger partial charge in [-0.1, -0.05) is 11.6 Å². The molecule has 1 aliphatic heterocycles. The summed E-state index contributed by atoms with van der Waals surface area (Å²) in [7, 11) is -3.45. The highest BCUT2D eigenvalue weighted by Crippen LogP contribution is 2.19. The van der Waals surface area contributed by atoms with Gasteiger partial charge in [-0.15, -0.1) is 0 Å². The highest BCUT2D eigenvalue weighted by molar-refractivity contribution is 7.89. The van der Waals surface area contributed by atoms with Crippen molar-refractivity contribution in [3.05, 3.63) is 24.0 Å². The molecule has 1 aromatic rings. The summed E-state index contributed by atoms with van der Waals surface area (Å²) in [5.74, 6) is 0. The summed E-state index contributed by atoms with van der Waals surface area (Å²) < 4.78 is 27.8. The molecule has 2 heterocycles. The first-order valence-electron chi connectivity index (χ1n) is 6.33. The summed E-state index contributed by atoms with van der Waals surface area (Å²) in [5, 5.41) is 12.8. The number of hydrogen-bond donors (Lipinski definition) is 1. The fraction of sp³-hybridized carbons (Fsp3) is 0.583. The largest absolute Gasteiger partial charge is 0.396 e. The minimum atomic E-state index is -3.45. The van der Waals surface area contributed by atoms with Crippen LogP contribution in [0.2, 0.25) is 0 Å². The molecule has 106 valence electrons. The fourth-order valence-corrected chi connectivity index (χ4v) is 3.29. The van der Waals surface area contributed by atoms with Crippen molar-refractivity contribution < 1.29 is 13.5 Å². The monoisotopic (exact) mass is 285 g/mol. The van der Waals surface area contributed by atoms with Crippen LogP contribution in [-0.2, 0) is 16.6 Å². The van der Waals surface area contributed by atoms with E-state index >= 15 is 0 Å². The van der Waals surface area contributed by atoms with Crippen LogP contribution in [0.1, 0.15) is 19.8 Å². The lowest BCUT2D eigenvalue weighted by Gasteiger charge is -2.23. The number of aryl methyl sites for hydroxylation is 1. The van der Waals surface area contributed by atoms with Crippen LogP contribution in [0.3, 0.4) is 0 Å². The van der Waals surface area contributed by atoms with Crippen molar-refractivity contribution in [1.29, 1.82) is 0 Å². The lowest BCUT2D eigenvalue weighted by atomic mass is 10.1. The van der Waals surface area contributed by atoms with E-state index in [-0.39, 0.29) is 11.5 Å². The van der Waals surface area contributed by atoms with Crippen LogP contribution in [0.5, 0.6) is 0 Å². The lowest BCUT2D eigenvalue weighted by Crippen LogP contribution is -2.34. The molecule has 2 rings (SSSR count). The van der Waals surface area contributed by atoms with Gasteiger partial charge in [-0.05, 0) is 19.8 Å².